The lowest BCUT2D eigenvalue weighted by molar-refractivity contribution is -0.143. The molecule has 0 aliphatic carbocycles. The molecule has 0 spiro atoms. The first-order valence-corrected chi connectivity index (χ1v) is 8.64. The van der Waals surface area contributed by atoms with Gasteiger partial charge in [0.05, 0.1) is 7.11 Å². The maximum atomic E-state index is 11.9. The van der Waals surface area contributed by atoms with Crippen LogP contribution in [0.15, 0.2) is 35.7 Å². The van der Waals surface area contributed by atoms with E-state index in [0.29, 0.717) is 0 Å². The number of methoxy groups -OCH3 is 1. The van der Waals surface area contributed by atoms with Crippen LogP contribution in [0.3, 0.4) is 0 Å². The molecule has 0 fully saturated rings. The van der Waals surface area contributed by atoms with E-state index in [4.69, 9.17) is 4.74 Å². The van der Waals surface area contributed by atoms with Gasteiger partial charge in [-0.1, -0.05) is 30.3 Å². The Hall–Kier alpha value is -1.70. The fourth-order valence-electron chi connectivity index (χ4n) is 1.91. The third-order valence-corrected chi connectivity index (χ3v) is 3.95. The van der Waals surface area contributed by atoms with E-state index < -0.39 is 0 Å². The van der Waals surface area contributed by atoms with Gasteiger partial charge in [0.15, 0.2) is 0 Å². The average molecular weight is 333 g/mol. The predicted molar refractivity (Wildman–Crippen MR) is 100 cm³/mol. The van der Waals surface area contributed by atoms with E-state index >= 15 is 0 Å². The second-order valence-electron chi connectivity index (χ2n) is 4.75. The molecule has 0 aliphatic heterocycles. The predicted octanol–water partition coefficient (Wildman–Crippen LogP) is 4.10. The van der Waals surface area contributed by atoms with Crippen molar-refractivity contribution in [3.05, 3.63) is 46.9 Å². The van der Waals surface area contributed by atoms with Crippen molar-refractivity contribution >= 4 is 17.7 Å². The van der Waals surface area contributed by atoms with Gasteiger partial charge >= 0.3 is 5.97 Å². The summed E-state index contributed by atoms with van der Waals surface area (Å²) in [7, 11) is 1.43. The number of hydrogen-bond donors (Lipinski definition) is 1. The summed E-state index contributed by atoms with van der Waals surface area (Å²) in [6, 6.07) is 7.52. The molecule has 1 N–H and O–H groups in total. The van der Waals surface area contributed by atoms with Gasteiger partial charge < -0.3 is 10.1 Å². The number of esters is 1. The van der Waals surface area contributed by atoms with E-state index in [1.165, 1.54) is 7.11 Å². The van der Waals surface area contributed by atoms with Gasteiger partial charge in [0.1, 0.15) is 6.04 Å². The van der Waals surface area contributed by atoms with Crippen molar-refractivity contribution in [3.8, 4) is 12.3 Å². The Kier molecular flexibility index (Phi) is 12.9. The highest BCUT2D eigenvalue weighted by atomic mass is 32.2. The van der Waals surface area contributed by atoms with E-state index in [9.17, 15) is 4.79 Å². The van der Waals surface area contributed by atoms with Gasteiger partial charge in [0.25, 0.3) is 0 Å². The number of benzene rings is 1. The van der Waals surface area contributed by atoms with Crippen LogP contribution in [-0.4, -0.2) is 25.4 Å². The van der Waals surface area contributed by atoms with Crippen molar-refractivity contribution in [1.29, 1.82) is 0 Å². The maximum absolute atomic E-state index is 11.9. The zero-order valence-electron chi connectivity index (χ0n) is 14.5. The zero-order chi connectivity index (χ0) is 17.5. The number of aryl methyl sites for hydroxylation is 1. The molecule has 0 amide bonds. The summed E-state index contributed by atoms with van der Waals surface area (Å²) in [5.41, 5.74) is 2.08. The highest BCUT2D eigenvalue weighted by Gasteiger charge is 2.21. The lowest BCUT2D eigenvalue weighted by atomic mass is 10.0. The second-order valence-corrected chi connectivity index (χ2v) is 5.76. The first-order chi connectivity index (χ1) is 11.1. The van der Waals surface area contributed by atoms with Crippen molar-refractivity contribution in [3.63, 3.8) is 0 Å². The molecule has 1 rings (SSSR count). The molecule has 1 atom stereocenters. The minimum atomic E-state index is -0.382. The molecular formula is C19H27NO2S. The SMILES string of the molecule is C#CC.C/C=C\SCCCNC(C(=O)OC)c1ccccc1C. The summed E-state index contributed by atoms with van der Waals surface area (Å²) in [5, 5.41) is 5.37. The van der Waals surface area contributed by atoms with Crippen molar-refractivity contribution in [2.45, 2.75) is 33.2 Å². The Morgan fingerprint density at radius 2 is 2.13 bits per heavy atom. The van der Waals surface area contributed by atoms with Crippen LogP contribution in [0.25, 0.3) is 0 Å². The topological polar surface area (TPSA) is 38.3 Å². The summed E-state index contributed by atoms with van der Waals surface area (Å²) >= 11 is 1.78. The molecule has 1 aromatic carbocycles. The first kappa shape index (κ1) is 21.3. The van der Waals surface area contributed by atoms with Gasteiger partial charge in [0.2, 0.25) is 0 Å². The summed E-state index contributed by atoms with van der Waals surface area (Å²) in [6.07, 6.45) is 7.64. The fourth-order valence-corrected chi connectivity index (χ4v) is 2.55. The van der Waals surface area contributed by atoms with Crippen LogP contribution in [0.2, 0.25) is 0 Å². The number of rotatable bonds is 8. The van der Waals surface area contributed by atoms with E-state index in [0.717, 1.165) is 29.8 Å². The molecule has 1 unspecified atom stereocenters. The Morgan fingerprint density at radius 3 is 2.70 bits per heavy atom. The zero-order valence-corrected chi connectivity index (χ0v) is 15.3. The van der Waals surface area contributed by atoms with E-state index in [-0.39, 0.29) is 12.0 Å². The van der Waals surface area contributed by atoms with E-state index in [2.05, 4.69) is 23.1 Å². The van der Waals surface area contributed by atoms with Gasteiger partial charge in [-0.2, -0.15) is 0 Å². The second kappa shape index (κ2) is 13.9. The average Bonchev–Trinajstić information content (AvgIpc) is 2.55. The maximum Gasteiger partial charge on any atom is 0.327 e. The highest BCUT2D eigenvalue weighted by molar-refractivity contribution is 8.02. The lowest BCUT2D eigenvalue weighted by Gasteiger charge is -2.18. The number of nitrogens with one attached hydrogen (secondary N) is 1. The minimum absolute atomic E-state index is 0.236. The van der Waals surface area contributed by atoms with Crippen molar-refractivity contribution in [2.75, 3.05) is 19.4 Å². The Balaban J connectivity index is 0.00000149. The van der Waals surface area contributed by atoms with Crippen LogP contribution in [0, 0.1) is 19.3 Å². The molecule has 0 aromatic heterocycles. The van der Waals surface area contributed by atoms with Gasteiger partial charge in [-0.3, -0.25) is 0 Å². The molecule has 126 valence electrons. The van der Waals surface area contributed by atoms with E-state index in [1.54, 1.807) is 18.7 Å². The smallest absolute Gasteiger partial charge is 0.327 e. The van der Waals surface area contributed by atoms with Crippen LogP contribution in [0.1, 0.15) is 37.4 Å². The summed E-state index contributed by atoms with van der Waals surface area (Å²) in [5.74, 6) is 3.05. The van der Waals surface area contributed by atoms with Gasteiger partial charge in [-0.15, -0.1) is 24.1 Å². The number of carbonyl (C=O) groups is 1. The fraction of sp³-hybridized carbons (Fsp3) is 0.421. The molecule has 3 nitrogen and oxygen atoms in total. The molecule has 0 heterocycles. The van der Waals surface area contributed by atoms with Gasteiger partial charge in [-0.05, 0) is 56.0 Å². The number of hydrogen-bond acceptors (Lipinski definition) is 4. The van der Waals surface area contributed by atoms with Crippen LogP contribution in [0.5, 0.6) is 0 Å². The van der Waals surface area contributed by atoms with Crippen molar-refractivity contribution in [2.24, 2.45) is 0 Å². The normalized spacial score (nSPS) is 11.3. The monoisotopic (exact) mass is 333 g/mol. The number of terminal acetylenes is 1. The third-order valence-electron chi connectivity index (χ3n) is 2.96. The molecule has 4 heteroatoms. The molecule has 0 bridgehead atoms. The number of ether oxygens (including phenoxy) is 1. The molecule has 0 radical (unpaired) electrons. The van der Waals surface area contributed by atoms with Crippen LogP contribution < -0.4 is 5.32 Å². The van der Waals surface area contributed by atoms with E-state index in [1.807, 2.05) is 44.2 Å². The highest BCUT2D eigenvalue weighted by Crippen LogP contribution is 2.18. The molecule has 0 saturated carbocycles. The Labute approximate surface area is 144 Å². The van der Waals surface area contributed by atoms with Gasteiger partial charge in [-0.25, -0.2) is 4.79 Å². The Bertz CT molecular complexity index is 520. The summed E-state index contributed by atoms with van der Waals surface area (Å²) in [6.45, 7) is 6.46. The van der Waals surface area contributed by atoms with Crippen LogP contribution >= 0.6 is 11.8 Å². The Morgan fingerprint density at radius 1 is 1.48 bits per heavy atom. The van der Waals surface area contributed by atoms with Crippen molar-refractivity contribution in [1.82, 2.24) is 5.32 Å². The summed E-state index contributed by atoms with van der Waals surface area (Å²) in [4.78, 5) is 11.9. The van der Waals surface area contributed by atoms with Crippen LogP contribution in [-0.2, 0) is 9.53 Å². The number of allylic oxidation sites excluding steroid dienone is 1. The molecule has 23 heavy (non-hydrogen) atoms. The first-order valence-electron chi connectivity index (χ1n) is 7.59. The van der Waals surface area contributed by atoms with Crippen molar-refractivity contribution < 1.29 is 9.53 Å². The quantitative estimate of drug-likeness (QED) is 0.442. The number of carbonyl (C=O) groups excluding carboxylic acids is 1. The largest absolute Gasteiger partial charge is 0.468 e. The minimum Gasteiger partial charge on any atom is -0.468 e. The standard InChI is InChI=1S/C16H23NO2S.C3H4/c1-4-11-20-12-7-10-17-15(16(18)19-3)14-9-6-5-8-13(14)2;1-3-2/h4-6,8-9,11,15,17H,7,10,12H2,1-3H3;1H,2H3/b11-4-;. The lowest BCUT2D eigenvalue weighted by Crippen LogP contribution is -2.31. The molecule has 1 aromatic rings. The van der Waals surface area contributed by atoms with Crippen LogP contribution in [0.4, 0.5) is 0 Å². The summed E-state index contributed by atoms with van der Waals surface area (Å²) < 4.78 is 4.90. The molecule has 0 aliphatic rings. The third kappa shape index (κ3) is 9.12. The number of thioether (sulfide) groups is 1. The molecule has 0 saturated heterocycles. The molecular weight excluding hydrogens is 306 g/mol. The van der Waals surface area contributed by atoms with Gasteiger partial charge in [0, 0.05) is 0 Å².